The number of hydrogen-bond acceptors (Lipinski definition) is 4. The van der Waals surface area contributed by atoms with E-state index in [0.717, 1.165) is 56.8 Å². The van der Waals surface area contributed by atoms with Gasteiger partial charge in [0.05, 0.1) is 12.7 Å². The zero-order valence-corrected chi connectivity index (χ0v) is 20.2. The van der Waals surface area contributed by atoms with E-state index in [4.69, 9.17) is 14.2 Å². The maximum atomic E-state index is 13.8. The monoisotopic (exact) mass is 535 g/mol. The van der Waals surface area contributed by atoms with E-state index in [2.05, 4.69) is 15.6 Å². The molecule has 1 atom stereocenters. The summed E-state index contributed by atoms with van der Waals surface area (Å²) in [5.41, 5.74) is 0.869. The molecule has 2 heterocycles. The van der Waals surface area contributed by atoms with Gasteiger partial charge in [0.1, 0.15) is 5.82 Å². The largest absolute Gasteiger partial charge is 0.381 e. The standard InChI is InChI=1S/C22H34FN3O3.HI/c1-24-21(25-10-4-11-28-16-20-7-3-12-29-20)26-17-22(8-13-27-14-9-22)18-5-2-6-19(23)15-18;/h2,5-6,15,20H,3-4,7-14,16-17H2,1H3,(H2,24,25,26);1H. The molecule has 1 aromatic rings. The first kappa shape index (κ1) is 25.3. The van der Waals surface area contributed by atoms with Crippen LogP contribution in [0.4, 0.5) is 4.39 Å². The van der Waals surface area contributed by atoms with Crippen LogP contribution in [0.3, 0.4) is 0 Å². The van der Waals surface area contributed by atoms with Gasteiger partial charge in [-0.3, -0.25) is 4.99 Å². The van der Waals surface area contributed by atoms with Crippen LogP contribution in [-0.2, 0) is 19.6 Å². The van der Waals surface area contributed by atoms with Crippen LogP contribution in [0.1, 0.15) is 37.7 Å². The smallest absolute Gasteiger partial charge is 0.191 e. The maximum Gasteiger partial charge on any atom is 0.191 e. The number of guanidine groups is 1. The van der Waals surface area contributed by atoms with Crippen molar-refractivity contribution in [2.75, 3.05) is 53.2 Å². The fraction of sp³-hybridized carbons (Fsp3) is 0.682. The highest BCUT2D eigenvalue weighted by atomic mass is 127. The van der Waals surface area contributed by atoms with Crippen molar-refractivity contribution in [2.45, 2.75) is 43.6 Å². The minimum absolute atomic E-state index is 0. The van der Waals surface area contributed by atoms with E-state index in [1.807, 2.05) is 6.07 Å². The van der Waals surface area contributed by atoms with Crippen LogP contribution < -0.4 is 10.6 Å². The van der Waals surface area contributed by atoms with Gasteiger partial charge in [0.2, 0.25) is 0 Å². The molecule has 1 unspecified atom stereocenters. The van der Waals surface area contributed by atoms with Crippen molar-refractivity contribution in [1.29, 1.82) is 0 Å². The Morgan fingerprint density at radius 2 is 2.10 bits per heavy atom. The Labute approximate surface area is 196 Å². The molecule has 30 heavy (non-hydrogen) atoms. The molecule has 2 saturated heterocycles. The summed E-state index contributed by atoms with van der Waals surface area (Å²) in [6.07, 6.45) is 5.13. The molecular weight excluding hydrogens is 500 g/mol. The first-order valence-corrected chi connectivity index (χ1v) is 10.7. The average molecular weight is 535 g/mol. The zero-order valence-electron chi connectivity index (χ0n) is 17.8. The van der Waals surface area contributed by atoms with Gasteiger partial charge in [0.15, 0.2) is 5.96 Å². The summed E-state index contributed by atoms with van der Waals surface area (Å²) in [5.74, 6) is 0.560. The summed E-state index contributed by atoms with van der Waals surface area (Å²) in [6.45, 7) is 5.09. The van der Waals surface area contributed by atoms with E-state index in [-0.39, 0.29) is 41.3 Å². The molecule has 3 rings (SSSR count). The van der Waals surface area contributed by atoms with Gasteiger partial charge in [-0.25, -0.2) is 4.39 Å². The third-order valence-electron chi connectivity index (χ3n) is 5.79. The van der Waals surface area contributed by atoms with Gasteiger partial charge in [0.25, 0.3) is 0 Å². The molecule has 2 N–H and O–H groups in total. The number of nitrogens with zero attached hydrogens (tertiary/aromatic N) is 1. The van der Waals surface area contributed by atoms with Gasteiger partial charge in [0, 0.05) is 52.0 Å². The third kappa shape index (κ3) is 7.62. The normalized spacial score (nSPS) is 21.1. The summed E-state index contributed by atoms with van der Waals surface area (Å²) < 4.78 is 30.6. The Morgan fingerprint density at radius 3 is 2.80 bits per heavy atom. The summed E-state index contributed by atoms with van der Waals surface area (Å²) in [4.78, 5) is 4.32. The van der Waals surface area contributed by atoms with Crippen molar-refractivity contribution in [1.82, 2.24) is 10.6 Å². The van der Waals surface area contributed by atoms with Crippen molar-refractivity contribution >= 4 is 29.9 Å². The summed E-state index contributed by atoms with van der Waals surface area (Å²) in [5, 5.41) is 6.77. The lowest BCUT2D eigenvalue weighted by Crippen LogP contribution is -2.48. The molecule has 0 aliphatic carbocycles. The Balaban J connectivity index is 0.00000320. The molecule has 6 nitrogen and oxygen atoms in total. The first-order chi connectivity index (χ1) is 14.2. The van der Waals surface area contributed by atoms with Gasteiger partial charge in [-0.05, 0) is 49.8 Å². The molecule has 0 spiro atoms. The lowest BCUT2D eigenvalue weighted by Gasteiger charge is -2.38. The van der Waals surface area contributed by atoms with Crippen molar-refractivity contribution in [3.63, 3.8) is 0 Å². The lowest BCUT2D eigenvalue weighted by molar-refractivity contribution is 0.0168. The van der Waals surface area contributed by atoms with Crippen LogP contribution in [0, 0.1) is 5.82 Å². The van der Waals surface area contributed by atoms with E-state index in [1.165, 1.54) is 6.07 Å². The van der Waals surface area contributed by atoms with E-state index in [0.29, 0.717) is 33.0 Å². The molecule has 1 aromatic carbocycles. The predicted octanol–water partition coefficient (Wildman–Crippen LogP) is 3.24. The number of benzene rings is 1. The number of nitrogens with one attached hydrogen (secondary N) is 2. The molecule has 0 amide bonds. The van der Waals surface area contributed by atoms with E-state index >= 15 is 0 Å². The highest BCUT2D eigenvalue weighted by Gasteiger charge is 2.34. The number of halogens is 2. The van der Waals surface area contributed by atoms with Crippen molar-refractivity contribution in [3.8, 4) is 0 Å². The fourth-order valence-electron chi connectivity index (χ4n) is 3.99. The molecule has 0 saturated carbocycles. The highest BCUT2D eigenvalue weighted by molar-refractivity contribution is 14.0. The molecular formula is C22H35FIN3O3. The molecule has 2 aliphatic rings. The second-order valence-corrected chi connectivity index (χ2v) is 7.82. The van der Waals surface area contributed by atoms with Gasteiger partial charge in [-0.2, -0.15) is 0 Å². The van der Waals surface area contributed by atoms with Gasteiger partial charge in [-0.1, -0.05) is 12.1 Å². The molecule has 0 bridgehead atoms. The van der Waals surface area contributed by atoms with E-state index in [1.54, 1.807) is 19.2 Å². The second kappa shape index (κ2) is 13.4. The molecule has 2 fully saturated rings. The predicted molar refractivity (Wildman–Crippen MR) is 127 cm³/mol. The van der Waals surface area contributed by atoms with Crippen LogP contribution in [0.2, 0.25) is 0 Å². The van der Waals surface area contributed by atoms with Crippen LogP contribution >= 0.6 is 24.0 Å². The molecule has 0 aromatic heterocycles. The van der Waals surface area contributed by atoms with E-state index < -0.39 is 0 Å². The van der Waals surface area contributed by atoms with Crippen molar-refractivity contribution in [3.05, 3.63) is 35.6 Å². The lowest BCUT2D eigenvalue weighted by atomic mass is 9.74. The number of ether oxygens (including phenoxy) is 3. The fourth-order valence-corrected chi connectivity index (χ4v) is 3.99. The third-order valence-corrected chi connectivity index (χ3v) is 5.79. The first-order valence-electron chi connectivity index (χ1n) is 10.7. The Kier molecular flexibility index (Phi) is 11.3. The Hall–Kier alpha value is -0.970. The van der Waals surface area contributed by atoms with Crippen LogP contribution in [0.15, 0.2) is 29.3 Å². The zero-order chi connectivity index (χ0) is 20.4. The Bertz CT molecular complexity index is 650. The topological polar surface area (TPSA) is 64.1 Å². The number of rotatable bonds is 9. The van der Waals surface area contributed by atoms with Crippen LogP contribution in [0.5, 0.6) is 0 Å². The average Bonchev–Trinajstić information content (AvgIpc) is 3.27. The summed E-state index contributed by atoms with van der Waals surface area (Å²) in [6, 6.07) is 6.93. The van der Waals surface area contributed by atoms with Crippen molar-refractivity contribution in [2.24, 2.45) is 4.99 Å². The SMILES string of the molecule is CN=C(NCCCOCC1CCCO1)NCC1(c2cccc(F)c2)CCOCC1.I. The van der Waals surface area contributed by atoms with Crippen molar-refractivity contribution < 1.29 is 18.6 Å². The maximum absolute atomic E-state index is 13.8. The number of hydrogen-bond donors (Lipinski definition) is 2. The summed E-state index contributed by atoms with van der Waals surface area (Å²) in [7, 11) is 1.77. The van der Waals surface area contributed by atoms with Gasteiger partial charge < -0.3 is 24.8 Å². The molecule has 170 valence electrons. The Morgan fingerprint density at radius 1 is 1.27 bits per heavy atom. The quantitative estimate of drug-likeness (QED) is 0.220. The number of aliphatic imine (C=N–C) groups is 1. The molecule has 0 radical (unpaired) electrons. The van der Waals surface area contributed by atoms with E-state index in [9.17, 15) is 4.39 Å². The highest BCUT2D eigenvalue weighted by Crippen LogP contribution is 2.34. The van der Waals surface area contributed by atoms with Crippen LogP contribution in [-0.4, -0.2) is 65.2 Å². The van der Waals surface area contributed by atoms with Crippen LogP contribution in [0.25, 0.3) is 0 Å². The molecule has 2 aliphatic heterocycles. The summed E-state index contributed by atoms with van der Waals surface area (Å²) >= 11 is 0. The van der Waals surface area contributed by atoms with Gasteiger partial charge in [-0.15, -0.1) is 24.0 Å². The second-order valence-electron chi connectivity index (χ2n) is 7.82. The van der Waals surface area contributed by atoms with Gasteiger partial charge >= 0.3 is 0 Å². The minimum atomic E-state index is -0.195. The minimum Gasteiger partial charge on any atom is -0.381 e. The molecule has 8 heteroatoms.